The minimum atomic E-state index is -2.51. The van der Waals surface area contributed by atoms with Gasteiger partial charge in [-0.05, 0) is 61.1 Å². The number of carbonyl (C=O) groups excluding carboxylic acids is 1. The van der Waals surface area contributed by atoms with Gasteiger partial charge in [-0.1, -0.05) is 0 Å². The Bertz CT molecular complexity index is 1290. The second-order valence-electron chi connectivity index (χ2n) is 11.5. The molecule has 1 aromatic carbocycles. The molecular formula is C29H40BrF2N7O5. The summed E-state index contributed by atoms with van der Waals surface area (Å²) in [7, 11) is 7.60. The van der Waals surface area contributed by atoms with Crippen molar-refractivity contribution in [3.8, 4) is 5.88 Å². The Kier molecular flexibility index (Phi) is 10.9. The number of hydrogen-bond donors (Lipinski definition) is 2. The maximum absolute atomic E-state index is 13.3. The van der Waals surface area contributed by atoms with E-state index >= 15 is 0 Å². The summed E-state index contributed by atoms with van der Waals surface area (Å²) in [5.74, 6) is 0.102. The van der Waals surface area contributed by atoms with Crippen LogP contribution in [-0.2, 0) is 19.0 Å². The van der Waals surface area contributed by atoms with Gasteiger partial charge in [0.15, 0.2) is 6.10 Å². The van der Waals surface area contributed by atoms with Gasteiger partial charge in [0.2, 0.25) is 17.7 Å². The maximum atomic E-state index is 13.3. The summed E-state index contributed by atoms with van der Waals surface area (Å²) in [5.41, 5.74) is 2.08. The predicted octanol–water partition coefficient (Wildman–Crippen LogP) is 3.41. The molecule has 2 aromatic rings. The molecule has 0 saturated carbocycles. The van der Waals surface area contributed by atoms with Crippen LogP contribution < -0.4 is 20.3 Å². The Balaban J connectivity index is 1.31. The van der Waals surface area contributed by atoms with Crippen molar-refractivity contribution in [2.75, 3.05) is 83.2 Å². The van der Waals surface area contributed by atoms with E-state index in [1.54, 1.807) is 13.3 Å². The number of anilines is 4. The van der Waals surface area contributed by atoms with Crippen LogP contribution >= 0.6 is 15.9 Å². The van der Waals surface area contributed by atoms with Crippen LogP contribution in [-0.4, -0.2) is 124 Å². The fourth-order valence-electron chi connectivity index (χ4n) is 5.61. The number of alkyl halides is 2. The van der Waals surface area contributed by atoms with E-state index in [4.69, 9.17) is 18.9 Å². The Morgan fingerprint density at radius 3 is 2.52 bits per heavy atom. The van der Waals surface area contributed by atoms with Crippen LogP contribution in [0.2, 0.25) is 0 Å². The number of rotatable bonds is 12. The summed E-state index contributed by atoms with van der Waals surface area (Å²) in [6.45, 7) is 0.202. The fraction of sp³-hybridized carbons (Fsp3) is 0.621. The van der Waals surface area contributed by atoms with Crippen molar-refractivity contribution in [2.45, 2.75) is 43.8 Å². The Labute approximate surface area is 264 Å². The topological polar surface area (TPSA) is 114 Å². The Morgan fingerprint density at radius 1 is 1.14 bits per heavy atom. The third-order valence-electron chi connectivity index (χ3n) is 8.22. The fourth-order valence-corrected chi connectivity index (χ4v) is 5.89. The van der Waals surface area contributed by atoms with Gasteiger partial charge in [0.25, 0.3) is 6.55 Å². The van der Waals surface area contributed by atoms with Gasteiger partial charge in [-0.3, -0.25) is 4.79 Å². The molecule has 1 amide bonds. The second kappa shape index (κ2) is 14.6. The lowest BCUT2D eigenvalue weighted by Gasteiger charge is -2.31. The Morgan fingerprint density at radius 2 is 1.84 bits per heavy atom. The van der Waals surface area contributed by atoms with Crippen LogP contribution in [0.4, 0.5) is 31.8 Å². The molecule has 15 heteroatoms. The molecule has 2 N–H and O–H groups in total. The first kappa shape index (κ1) is 32.7. The lowest BCUT2D eigenvalue weighted by molar-refractivity contribution is -0.123. The van der Waals surface area contributed by atoms with E-state index in [2.05, 4.69) is 46.3 Å². The van der Waals surface area contributed by atoms with Gasteiger partial charge in [-0.25, -0.2) is 9.88 Å². The van der Waals surface area contributed by atoms with E-state index in [0.29, 0.717) is 53.7 Å². The summed E-state index contributed by atoms with van der Waals surface area (Å²) in [4.78, 5) is 27.5. The van der Waals surface area contributed by atoms with Gasteiger partial charge in [0.1, 0.15) is 18.3 Å². The lowest BCUT2D eigenvalue weighted by Crippen LogP contribution is -2.40. The second-order valence-corrected chi connectivity index (χ2v) is 12.4. The average Bonchev–Trinajstić information content (AvgIpc) is 3.60. The van der Waals surface area contributed by atoms with Crippen molar-refractivity contribution in [2.24, 2.45) is 5.92 Å². The first-order valence-electron chi connectivity index (χ1n) is 14.7. The highest BCUT2D eigenvalue weighted by atomic mass is 79.9. The number of halogens is 3. The third kappa shape index (κ3) is 7.74. The number of likely N-dealkylation sites (N-methyl/N-ethyl adjacent to an activating group) is 2. The molecule has 12 nitrogen and oxygen atoms in total. The highest BCUT2D eigenvalue weighted by Crippen LogP contribution is 2.34. The van der Waals surface area contributed by atoms with Gasteiger partial charge in [-0.15, -0.1) is 0 Å². The third-order valence-corrected chi connectivity index (χ3v) is 8.76. The summed E-state index contributed by atoms with van der Waals surface area (Å²) in [5, 5.41) is 6.28. The van der Waals surface area contributed by atoms with E-state index in [0.717, 1.165) is 23.7 Å². The quantitative estimate of drug-likeness (QED) is 0.321. The number of ether oxygens (including phenoxy) is 4. The molecule has 0 radical (unpaired) electrons. The number of carbonyl (C=O) groups is 1. The highest BCUT2D eigenvalue weighted by Gasteiger charge is 2.49. The lowest BCUT2D eigenvalue weighted by atomic mass is 9.96. The zero-order valence-corrected chi connectivity index (χ0v) is 26.9. The standard InChI is InChI=1S/C29H40BrF2N7O5/c1-37(2)11-12-38(3)21-6-5-18(13-20(21)35-26(40)17-7-9-39(10-8-17)28(31)32)34-29-33-14-19(30)27(36-29)44-23-16-43-24-22(41-4)15-42-25(23)24/h5-6,13-14,17,22-25,28H,7-12,15-16H2,1-4H3,(H,35,40)(H,33,34,36)/t22-,23-,24-,25-/m1/s1. The van der Waals surface area contributed by atoms with Crippen molar-refractivity contribution in [1.29, 1.82) is 0 Å². The van der Waals surface area contributed by atoms with Crippen LogP contribution in [0.3, 0.4) is 0 Å². The van der Waals surface area contributed by atoms with Crippen LogP contribution in [0.5, 0.6) is 5.88 Å². The Hall–Kier alpha value is -2.69. The molecule has 3 aliphatic rings. The van der Waals surface area contributed by atoms with Gasteiger partial charge in [0, 0.05) is 51.9 Å². The number of methoxy groups -OCH3 is 1. The minimum absolute atomic E-state index is 0.135. The molecule has 3 saturated heterocycles. The molecule has 4 atom stereocenters. The summed E-state index contributed by atoms with van der Waals surface area (Å²) >= 11 is 3.47. The van der Waals surface area contributed by atoms with Crippen molar-refractivity contribution in [3.05, 3.63) is 28.9 Å². The number of hydrogen-bond acceptors (Lipinski definition) is 11. The van der Waals surface area contributed by atoms with Crippen LogP contribution in [0.1, 0.15) is 12.8 Å². The van der Waals surface area contributed by atoms with Crippen molar-refractivity contribution in [3.63, 3.8) is 0 Å². The van der Waals surface area contributed by atoms with Gasteiger partial charge in [0.05, 0.1) is 35.3 Å². The molecule has 3 aliphatic heterocycles. The van der Waals surface area contributed by atoms with Crippen molar-refractivity contribution >= 4 is 44.8 Å². The summed E-state index contributed by atoms with van der Waals surface area (Å²) < 4.78 is 50.1. The SMILES string of the molecule is CO[C@@H]1CO[C@H]2[C@@H]1OC[C@H]2Oc1nc(Nc2ccc(N(C)CCN(C)C)c(NC(=O)C3CCN(C(F)F)CC3)c2)ncc1Br. The van der Waals surface area contributed by atoms with E-state index < -0.39 is 6.55 Å². The molecule has 4 heterocycles. The summed E-state index contributed by atoms with van der Waals surface area (Å²) in [6, 6.07) is 5.63. The highest BCUT2D eigenvalue weighted by molar-refractivity contribution is 9.10. The predicted molar refractivity (Wildman–Crippen MR) is 165 cm³/mol. The molecular weight excluding hydrogens is 644 g/mol. The number of benzene rings is 1. The number of likely N-dealkylation sites (tertiary alicyclic amines) is 1. The van der Waals surface area contributed by atoms with Gasteiger partial charge < -0.3 is 39.4 Å². The van der Waals surface area contributed by atoms with E-state index in [-0.39, 0.29) is 49.3 Å². The molecule has 3 fully saturated rings. The normalized spacial score (nSPS) is 24.1. The molecule has 1 aromatic heterocycles. The number of aromatic nitrogens is 2. The van der Waals surface area contributed by atoms with Crippen LogP contribution in [0, 0.1) is 5.92 Å². The largest absolute Gasteiger partial charge is 0.468 e. The number of piperidine rings is 1. The molecule has 0 aliphatic carbocycles. The molecule has 242 valence electrons. The first-order chi connectivity index (χ1) is 21.1. The smallest absolute Gasteiger partial charge is 0.294 e. The molecule has 0 bridgehead atoms. The van der Waals surface area contributed by atoms with E-state index in [1.165, 1.54) is 0 Å². The minimum Gasteiger partial charge on any atom is -0.468 e. The van der Waals surface area contributed by atoms with Crippen LogP contribution in [0.15, 0.2) is 28.9 Å². The number of amides is 1. The first-order valence-corrected chi connectivity index (χ1v) is 15.5. The van der Waals surface area contributed by atoms with Crippen molar-refractivity contribution in [1.82, 2.24) is 19.8 Å². The van der Waals surface area contributed by atoms with Gasteiger partial charge in [-0.2, -0.15) is 13.8 Å². The summed E-state index contributed by atoms with van der Waals surface area (Å²) in [6.07, 6.45) is 1.41. The number of nitrogens with one attached hydrogen (secondary N) is 2. The number of nitrogens with zero attached hydrogens (tertiary/aromatic N) is 5. The van der Waals surface area contributed by atoms with Crippen LogP contribution in [0.25, 0.3) is 0 Å². The molecule has 0 spiro atoms. The van der Waals surface area contributed by atoms with Crippen molar-refractivity contribution < 1.29 is 32.5 Å². The monoisotopic (exact) mass is 683 g/mol. The van der Waals surface area contributed by atoms with E-state index in [1.807, 2.05) is 39.3 Å². The molecule has 5 rings (SSSR count). The maximum Gasteiger partial charge on any atom is 0.294 e. The van der Waals surface area contributed by atoms with E-state index in [9.17, 15) is 13.6 Å². The average molecular weight is 685 g/mol. The zero-order valence-electron chi connectivity index (χ0n) is 25.3. The molecule has 0 unspecified atom stereocenters. The molecule has 44 heavy (non-hydrogen) atoms. The van der Waals surface area contributed by atoms with Gasteiger partial charge >= 0.3 is 0 Å². The zero-order chi connectivity index (χ0) is 31.4. The number of fused-ring (bicyclic) bond motifs is 1.